The molecule has 1 aromatic carbocycles. The molecular formula is C13H17NO. The number of aliphatic hydroxyl groups is 1. The number of hydrogen-bond donors (Lipinski definition) is 1. The van der Waals surface area contributed by atoms with Gasteiger partial charge in [0.05, 0.1) is 6.10 Å². The van der Waals surface area contributed by atoms with Gasteiger partial charge in [-0.25, -0.2) is 0 Å². The lowest BCUT2D eigenvalue weighted by molar-refractivity contribution is -0.109. The van der Waals surface area contributed by atoms with E-state index in [1.807, 2.05) is 0 Å². The number of aliphatic hydroxyl groups excluding tert-OH is 1. The maximum Gasteiger partial charge on any atom is 0.0621 e. The van der Waals surface area contributed by atoms with Crippen LogP contribution in [0.3, 0.4) is 0 Å². The molecule has 1 aromatic rings. The molecule has 15 heavy (non-hydrogen) atoms. The lowest BCUT2D eigenvalue weighted by Gasteiger charge is -2.51. The molecule has 1 N–H and O–H groups in total. The van der Waals surface area contributed by atoms with Crippen molar-refractivity contribution >= 4 is 0 Å². The van der Waals surface area contributed by atoms with Gasteiger partial charge in [-0.1, -0.05) is 30.3 Å². The SMILES string of the molecule is OC1[C@@H]2C[C@@H]1CN(Cc1ccccc1)C2. The Hall–Kier alpha value is -0.860. The quantitative estimate of drug-likeness (QED) is 0.787. The molecule has 2 atom stereocenters. The minimum absolute atomic E-state index is 0.00276. The van der Waals surface area contributed by atoms with Crippen molar-refractivity contribution in [2.24, 2.45) is 11.8 Å². The number of benzene rings is 1. The van der Waals surface area contributed by atoms with Crippen molar-refractivity contribution in [2.45, 2.75) is 19.1 Å². The van der Waals surface area contributed by atoms with Gasteiger partial charge in [0.1, 0.15) is 0 Å². The van der Waals surface area contributed by atoms with Crippen LogP contribution in [-0.2, 0) is 6.54 Å². The first-order chi connectivity index (χ1) is 7.33. The van der Waals surface area contributed by atoms with Crippen molar-refractivity contribution in [3.8, 4) is 0 Å². The van der Waals surface area contributed by atoms with Gasteiger partial charge in [0.2, 0.25) is 0 Å². The summed E-state index contributed by atoms with van der Waals surface area (Å²) in [6.45, 7) is 3.19. The fraction of sp³-hybridized carbons (Fsp3) is 0.538. The maximum absolute atomic E-state index is 9.68. The van der Waals surface area contributed by atoms with Gasteiger partial charge < -0.3 is 5.11 Å². The molecule has 0 unspecified atom stereocenters. The first-order valence-electron chi connectivity index (χ1n) is 5.77. The molecular weight excluding hydrogens is 186 g/mol. The lowest BCUT2D eigenvalue weighted by atomic mass is 9.68. The fourth-order valence-corrected chi connectivity index (χ4v) is 2.93. The molecule has 2 nitrogen and oxygen atoms in total. The van der Waals surface area contributed by atoms with Gasteiger partial charge in [-0.05, 0) is 23.8 Å². The van der Waals surface area contributed by atoms with Gasteiger partial charge in [0.25, 0.3) is 0 Å². The third-order valence-electron chi connectivity index (χ3n) is 3.81. The minimum Gasteiger partial charge on any atom is -0.392 e. The molecule has 4 rings (SSSR count). The Morgan fingerprint density at radius 1 is 1.13 bits per heavy atom. The van der Waals surface area contributed by atoms with Crippen molar-refractivity contribution < 1.29 is 5.11 Å². The molecule has 1 saturated carbocycles. The number of hydrogen-bond acceptors (Lipinski definition) is 2. The molecule has 2 heterocycles. The summed E-state index contributed by atoms with van der Waals surface area (Å²) in [4.78, 5) is 2.47. The second-order valence-electron chi connectivity index (χ2n) is 4.93. The fourth-order valence-electron chi connectivity index (χ4n) is 2.93. The van der Waals surface area contributed by atoms with E-state index in [1.54, 1.807) is 0 Å². The van der Waals surface area contributed by atoms with Gasteiger partial charge in [-0.15, -0.1) is 0 Å². The Morgan fingerprint density at radius 2 is 1.80 bits per heavy atom. The minimum atomic E-state index is -0.00276. The molecule has 3 aliphatic rings. The van der Waals surface area contributed by atoms with E-state index in [1.165, 1.54) is 12.0 Å². The summed E-state index contributed by atoms with van der Waals surface area (Å²) in [7, 11) is 0. The molecule has 3 fully saturated rings. The van der Waals surface area contributed by atoms with Crippen LogP contribution in [0, 0.1) is 11.8 Å². The van der Waals surface area contributed by atoms with Crippen LogP contribution in [0.15, 0.2) is 30.3 Å². The highest BCUT2D eigenvalue weighted by molar-refractivity contribution is 5.15. The van der Waals surface area contributed by atoms with E-state index in [0.29, 0.717) is 11.8 Å². The Labute approximate surface area is 90.5 Å². The summed E-state index contributed by atoms with van der Waals surface area (Å²) < 4.78 is 0. The van der Waals surface area contributed by atoms with E-state index in [4.69, 9.17) is 0 Å². The Bertz CT molecular complexity index is 326. The zero-order valence-electron chi connectivity index (χ0n) is 8.84. The van der Waals surface area contributed by atoms with E-state index < -0.39 is 0 Å². The predicted octanol–water partition coefficient (Wildman–Crippen LogP) is 1.50. The zero-order chi connectivity index (χ0) is 10.3. The number of fused-ring (bicyclic) bond motifs is 2. The van der Waals surface area contributed by atoms with Crippen molar-refractivity contribution in [3.05, 3.63) is 35.9 Å². The van der Waals surface area contributed by atoms with E-state index >= 15 is 0 Å². The van der Waals surface area contributed by atoms with Crippen LogP contribution < -0.4 is 0 Å². The molecule has 0 aromatic heterocycles. The summed E-state index contributed by atoms with van der Waals surface area (Å²) >= 11 is 0. The number of piperidine rings is 2. The van der Waals surface area contributed by atoms with Crippen LogP contribution >= 0.6 is 0 Å². The highest BCUT2D eigenvalue weighted by atomic mass is 16.3. The third kappa shape index (κ3) is 1.68. The van der Waals surface area contributed by atoms with Crippen LogP contribution in [0.2, 0.25) is 0 Å². The zero-order valence-corrected chi connectivity index (χ0v) is 8.84. The van der Waals surface area contributed by atoms with Crippen molar-refractivity contribution in [1.29, 1.82) is 0 Å². The predicted molar refractivity (Wildman–Crippen MR) is 59.3 cm³/mol. The van der Waals surface area contributed by atoms with Crippen LogP contribution in [0.1, 0.15) is 12.0 Å². The number of rotatable bonds is 2. The third-order valence-corrected chi connectivity index (χ3v) is 3.81. The second-order valence-corrected chi connectivity index (χ2v) is 4.93. The molecule has 1 aliphatic carbocycles. The highest BCUT2D eigenvalue weighted by Gasteiger charge is 2.45. The molecule has 80 valence electrons. The van der Waals surface area contributed by atoms with Crippen molar-refractivity contribution in [2.75, 3.05) is 13.1 Å². The van der Waals surface area contributed by atoms with Crippen LogP contribution in [0.4, 0.5) is 0 Å². The van der Waals surface area contributed by atoms with Crippen molar-refractivity contribution in [1.82, 2.24) is 4.90 Å². The largest absolute Gasteiger partial charge is 0.392 e. The van der Waals surface area contributed by atoms with Crippen LogP contribution in [-0.4, -0.2) is 29.2 Å². The van der Waals surface area contributed by atoms with Crippen LogP contribution in [0.25, 0.3) is 0 Å². The van der Waals surface area contributed by atoms with Gasteiger partial charge in [0.15, 0.2) is 0 Å². The van der Waals surface area contributed by atoms with E-state index in [9.17, 15) is 5.11 Å². The first kappa shape index (κ1) is 9.37. The summed E-state index contributed by atoms with van der Waals surface area (Å²) in [5.74, 6) is 1.10. The molecule has 2 aliphatic heterocycles. The van der Waals surface area contributed by atoms with E-state index in [2.05, 4.69) is 35.2 Å². The average Bonchev–Trinajstić information content (AvgIpc) is 2.30. The average molecular weight is 203 g/mol. The Morgan fingerprint density at radius 3 is 2.40 bits per heavy atom. The van der Waals surface area contributed by atoms with Gasteiger partial charge >= 0.3 is 0 Å². The maximum atomic E-state index is 9.68. The molecule has 0 amide bonds. The smallest absolute Gasteiger partial charge is 0.0621 e. The Balaban J connectivity index is 1.62. The summed E-state index contributed by atoms with van der Waals surface area (Å²) in [6, 6.07) is 10.6. The number of nitrogens with zero attached hydrogens (tertiary/aromatic N) is 1. The van der Waals surface area contributed by atoms with Crippen molar-refractivity contribution in [3.63, 3.8) is 0 Å². The summed E-state index contributed by atoms with van der Waals surface area (Å²) in [5, 5.41) is 9.68. The molecule has 2 bridgehead atoms. The van der Waals surface area contributed by atoms with E-state index in [0.717, 1.165) is 19.6 Å². The highest BCUT2D eigenvalue weighted by Crippen LogP contribution is 2.40. The standard InChI is InChI=1S/C13H17NO/c15-13-11-6-12(13)9-14(8-11)7-10-4-2-1-3-5-10/h1-5,11-13,15H,6-9H2/t11-,12-/m1/s1. The van der Waals surface area contributed by atoms with Crippen LogP contribution in [0.5, 0.6) is 0 Å². The molecule has 0 spiro atoms. The van der Waals surface area contributed by atoms with Gasteiger partial charge in [-0.3, -0.25) is 4.90 Å². The molecule has 2 heteroatoms. The normalized spacial score (nSPS) is 34.9. The second kappa shape index (κ2) is 3.62. The molecule has 2 saturated heterocycles. The summed E-state index contributed by atoms with van der Waals surface area (Å²) in [5.41, 5.74) is 1.38. The molecule has 0 radical (unpaired) electrons. The monoisotopic (exact) mass is 203 g/mol. The first-order valence-corrected chi connectivity index (χ1v) is 5.77. The van der Waals surface area contributed by atoms with E-state index in [-0.39, 0.29) is 6.10 Å². The Kier molecular flexibility index (Phi) is 2.26. The topological polar surface area (TPSA) is 23.5 Å². The lowest BCUT2D eigenvalue weighted by Crippen LogP contribution is -2.57. The van der Waals surface area contributed by atoms with Gasteiger partial charge in [-0.2, -0.15) is 0 Å². The summed E-state index contributed by atoms with van der Waals surface area (Å²) in [6.07, 6.45) is 1.24. The van der Waals surface area contributed by atoms with Gasteiger partial charge in [0, 0.05) is 19.6 Å².